The van der Waals surface area contributed by atoms with Crippen molar-refractivity contribution in [1.82, 2.24) is 19.9 Å². The summed E-state index contributed by atoms with van der Waals surface area (Å²) in [5, 5.41) is 0.694. The zero-order chi connectivity index (χ0) is 30.7. The lowest BCUT2D eigenvalue weighted by atomic mass is 9.99. The third-order valence-corrected chi connectivity index (χ3v) is 8.83. The maximum absolute atomic E-state index is 16.0. The van der Waals surface area contributed by atoms with Crippen LogP contribution in [0.25, 0.3) is 33.4 Å². The normalized spacial score (nSPS) is 16.0. The summed E-state index contributed by atoms with van der Waals surface area (Å²) in [5.74, 6) is -0.00269. The smallest absolute Gasteiger partial charge is 0.232 e. The van der Waals surface area contributed by atoms with Gasteiger partial charge in [-0.1, -0.05) is 12.1 Å². The minimum atomic E-state index is -3.94. The van der Waals surface area contributed by atoms with Crippen molar-refractivity contribution in [2.45, 2.75) is 6.42 Å². The van der Waals surface area contributed by atoms with Crippen molar-refractivity contribution in [3.05, 3.63) is 48.5 Å². The molecule has 0 unspecified atom stereocenters. The highest BCUT2D eigenvalue weighted by molar-refractivity contribution is 7.92. The Labute approximate surface area is 253 Å². The molecule has 2 aromatic carbocycles. The number of ether oxygens (including phenoxy) is 2. The van der Waals surface area contributed by atoms with Gasteiger partial charge in [-0.3, -0.25) is 9.11 Å². The SMILES string of the molecule is Nc1ncc(-c2nc(N3CCOCC3)c3cc(-c4cccc(NS(=O)(=O)CCCF)c4F)cc(N4CCOCC4)c3n2)cn1. The first-order valence-electron chi connectivity index (χ1n) is 14.3. The number of morpholine rings is 2. The maximum atomic E-state index is 16.0. The molecule has 0 radical (unpaired) electrons. The fourth-order valence-corrected chi connectivity index (χ4v) is 6.38. The number of nitrogens with zero attached hydrogens (tertiary/aromatic N) is 6. The fourth-order valence-electron chi connectivity index (χ4n) is 5.30. The van der Waals surface area contributed by atoms with Crippen LogP contribution in [0.15, 0.2) is 42.7 Å². The summed E-state index contributed by atoms with van der Waals surface area (Å²) in [5.41, 5.74) is 8.22. The summed E-state index contributed by atoms with van der Waals surface area (Å²) in [6, 6.07) is 8.20. The summed E-state index contributed by atoms with van der Waals surface area (Å²) in [6.07, 6.45) is 2.97. The van der Waals surface area contributed by atoms with E-state index in [1.807, 2.05) is 12.1 Å². The molecule has 2 aliphatic rings. The third-order valence-electron chi connectivity index (χ3n) is 7.47. The van der Waals surface area contributed by atoms with E-state index in [2.05, 4.69) is 24.5 Å². The second kappa shape index (κ2) is 12.8. The predicted molar refractivity (Wildman–Crippen MR) is 164 cm³/mol. The van der Waals surface area contributed by atoms with Gasteiger partial charge in [0.1, 0.15) is 5.82 Å². The van der Waals surface area contributed by atoms with Crippen molar-refractivity contribution in [1.29, 1.82) is 0 Å². The molecule has 0 bridgehead atoms. The van der Waals surface area contributed by atoms with E-state index in [1.54, 1.807) is 24.5 Å². The molecule has 2 fully saturated rings. The molecule has 2 saturated heterocycles. The van der Waals surface area contributed by atoms with Crippen molar-refractivity contribution < 1.29 is 26.7 Å². The van der Waals surface area contributed by atoms with Crippen molar-refractivity contribution in [3.63, 3.8) is 0 Å². The number of anilines is 4. The Hall–Kier alpha value is -4.21. The summed E-state index contributed by atoms with van der Waals surface area (Å²) < 4.78 is 67.1. The number of alkyl halides is 1. The Morgan fingerprint density at radius 2 is 1.61 bits per heavy atom. The van der Waals surface area contributed by atoms with Gasteiger partial charge < -0.3 is 25.0 Å². The Balaban J connectivity index is 1.55. The average molecular weight is 627 g/mol. The molecular formula is C29H32F2N8O4S. The molecule has 15 heteroatoms. The number of aromatic nitrogens is 4. The lowest BCUT2D eigenvalue weighted by molar-refractivity contribution is 0.122. The zero-order valence-electron chi connectivity index (χ0n) is 23.9. The summed E-state index contributed by atoms with van der Waals surface area (Å²) in [6.45, 7) is 3.62. The van der Waals surface area contributed by atoms with E-state index in [-0.39, 0.29) is 23.6 Å². The molecule has 44 heavy (non-hydrogen) atoms. The van der Waals surface area contributed by atoms with Crippen LogP contribution in [0, 0.1) is 5.82 Å². The lowest BCUT2D eigenvalue weighted by Crippen LogP contribution is -2.37. The number of hydrogen-bond acceptors (Lipinski definition) is 11. The summed E-state index contributed by atoms with van der Waals surface area (Å²) in [7, 11) is -3.94. The van der Waals surface area contributed by atoms with E-state index < -0.39 is 28.3 Å². The fraction of sp³-hybridized carbons (Fsp3) is 0.379. The molecular weight excluding hydrogens is 594 g/mol. The molecule has 12 nitrogen and oxygen atoms in total. The highest BCUT2D eigenvalue weighted by atomic mass is 32.2. The van der Waals surface area contributed by atoms with Crippen molar-refractivity contribution in [3.8, 4) is 22.5 Å². The number of sulfonamides is 1. The molecule has 0 aliphatic carbocycles. The Bertz CT molecular complexity index is 1750. The van der Waals surface area contributed by atoms with Gasteiger partial charge >= 0.3 is 0 Å². The molecule has 0 amide bonds. The summed E-state index contributed by atoms with van der Waals surface area (Å²) in [4.78, 5) is 22.4. The number of nitrogens with two attached hydrogens (primary N) is 1. The van der Waals surface area contributed by atoms with Crippen LogP contribution in [-0.2, 0) is 19.5 Å². The van der Waals surface area contributed by atoms with Crippen LogP contribution in [0.1, 0.15) is 6.42 Å². The number of benzene rings is 2. The molecule has 232 valence electrons. The lowest BCUT2D eigenvalue weighted by Gasteiger charge is -2.32. The van der Waals surface area contributed by atoms with Gasteiger partial charge in [-0.05, 0) is 30.2 Å². The highest BCUT2D eigenvalue weighted by Gasteiger charge is 2.25. The second-order valence-corrected chi connectivity index (χ2v) is 12.3. The Morgan fingerprint density at radius 3 is 2.30 bits per heavy atom. The predicted octanol–water partition coefficient (Wildman–Crippen LogP) is 3.25. The van der Waals surface area contributed by atoms with Gasteiger partial charge in [0.05, 0.1) is 61.3 Å². The summed E-state index contributed by atoms with van der Waals surface area (Å²) >= 11 is 0. The van der Waals surface area contributed by atoms with Crippen molar-refractivity contribution in [2.24, 2.45) is 0 Å². The van der Waals surface area contributed by atoms with Crippen LogP contribution in [0.4, 0.5) is 31.9 Å². The standard InChI is InChI=1S/C29H32F2N8O4S/c30-5-2-14-44(40,41)37-23-4-1-3-21(25(23)31)19-15-22-26(24(16-19)38-6-10-42-11-7-38)35-27(20-17-33-29(32)34-18-20)36-28(22)39-8-12-43-13-9-39/h1,3-4,15-18,37H,2,5-14H2,(H2,32,33,34). The minimum absolute atomic E-state index is 0.135. The largest absolute Gasteiger partial charge is 0.378 e. The zero-order valence-corrected chi connectivity index (χ0v) is 24.7. The van der Waals surface area contributed by atoms with Crippen molar-refractivity contribution in [2.75, 3.05) is 85.3 Å². The van der Waals surface area contributed by atoms with Gasteiger partial charge in [0, 0.05) is 49.5 Å². The van der Waals surface area contributed by atoms with E-state index in [9.17, 15) is 12.8 Å². The van der Waals surface area contributed by atoms with E-state index >= 15 is 4.39 Å². The van der Waals surface area contributed by atoms with Gasteiger partial charge in [-0.15, -0.1) is 0 Å². The molecule has 4 aromatic rings. The van der Waals surface area contributed by atoms with Gasteiger partial charge in [0.25, 0.3) is 0 Å². The van der Waals surface area contributed by atoms with Crippen LogP contribution in [0.5, 0.6) is 0 Å². The van der Waals surface area contributed by atoms with Crippen LogP contribution in [0.2, 0.25) is 0 Å². The third kappa shape index (κ3) is 6.34. The molecule has 2 aromatic heterocycles. The number of halogens is 2. The Kier molecular flexibility index (Phi) is 8.68. The highest BCUT2D eigenvalue weighted by Crippen LogP contribution is 2.39. The monoisotopic (exact) mass is 626 g/mol. The van der Waals surface area contributed by atoms with E-state index in [1.165, 1.54) is 6.07 Å². The minimum Gasteiger partial charge on any atom is -0.378 e. The van der Waals surface area contributed by atoms with E-state index in [0.29, 0.717) is 86.3 Å². The van der Waals surface area contributed by atoms with E-state index in [4.69, 9.17) is 25.2 Å². The first-order chi connectivity index (χ1) is 21.3. The number of rotatable bonds is 9. The molecule has 3 N–H and O–H groups in total. The van der Waals surface area contributed by atoms with Crippen LogP contribution < -0.4 is 20.3 Å². The number of hydrogen-bond donors (Lipinski definition) is 2. The maximum Gasteiger partial charge on any atom is 0.232 e. The molecule has 2 aliphatic heterocycles. The molecule has 0 saturated carbocycles. The van der Waals surface area contributed by atoms with Gasteiger partial charge in [-0.25, -0.2) is 32.7 Å². The van der Waals surface area contributed by atoms with Gasteiger partial charge in [0.2, 0.25) is 16.0 Å². The van der Waals surface area contributed by atoms with Gasteiger partial charge in [-0.2, -0.15) is 0 Å². The van der Waals surface area contributed by atoms with Crippen LogP contribution in [-0.4, -0.2) is 93.4 Å². The first kappa shape index (κ1) is 29.8. The average Bonchev–Trinajstić information content (AvgIpc) is 3.05. The van der Waals surface area contributed by atoms with Crippen molar-refractivity contribution >= 4 is 44.1 Å². The number of fused-ring (bicyclic) bond motifs is 1. The number of nitrogens with one attached hydrogen (secondary N) is 1. The van der Waals surface area contributed by atoms with Crippen LogP contribution in [0.3, 0.4) is 0 Å². The Morgan fingerprint density at radius 1 is 0.932 bits per heavy atom. The molecule has 0 atom stereocenters. The molecule has 4 heterocycles. The van der Waals surface area contributed by atoms with Gasteiger partial charge in [0.15, 0.2) is 11.6 Å². The quantitative estimate of drug-likeness (QED) is 0.282. The number of nitrogen functional groups attached to an aromatic ring is 1. The van der Waals surface area contributed by atoms with E-state index in [0.717, 1.165) is 5.69 Å². The molecule has 0 spiro atoms. The second-order valence-electron chi connectivity index (χ2n) is 10.4. The molecule has 6 rings (SSSR count). The van der Waals surface area contributed by atoms with Crippen LogP contribution >= 0.6 is 0 Å². The first-order valence-corrected chi connectivity index (χ1v) is 15.9. The topological polar surface area (TPSA) is 149 Å².